The molecular formula is C15H19N3O4S3. The highest BCUT2D eigenvalue weighted by atomic mass is 32.2. The zero-order valence-electron chi connectivity index (χ0n) is 13.8. The zero-order chi connectivity index (χ0) is 17.9. The monoisotopic (exact) mass is 401 g/mol. The van der Waals surface area contributed by atoms with E-state index in [1.165, 1.54) is 11.8 Å². The van der Waals surface area contributed by atoms with Gasteiger partial charge in [-0.15, -0.1) is 21.5 Å². The van der Waals surface area contributed by atoms with Crippen molar-refractivity contribution in [3.8, 4) is 0 Å². The first-order chi connectivity index (χ1) is 11.9. The first kappa shape index (κ1) is 18.4. The van der Waals surface area contributed by atoms with E-state index in [-0.39, 0.29) is 29.1 Å². The molecule has 10 heteroatoms. The first-order valence-electron chi connectivity index (χ1n) is 7.83. The van der Waals surface area contributed by atoms with Crippen molar-refractivity contribution in [1.82, 2.24) is 15.1 Å². The SMILES string of the molecule is CN(Cc1cccs1)C(=O)CSc1nnc(CC2CCS(=O)(=O)C2)o1. The van der Waals surface area contributed by atoms with Crippen LogP contribution in [0.25, 0.3) is 0 Å². The van der Waals surface area contributed by atoms with E-state index in [1.807, 2.05) is 17.5 Å². The standard InChI is InChI=1S/C15H19N3O4S3/c1-18(8-12-3-2-5-23-12)14(19)9-24-15-17-16-13(22-15)7-11-4-6-25(20,21)10-11/h2-3,5,11H,4,6-10H2,1H3. The molecular weight excluding hydrogens is 382 g/mol. The Bertz CT molecular complexity index is 817. The number of carbonyl (C=O) groups is 1. The quantitative estimate of drug-likeness (QED) is 0.654. The van der Waals surface area contributed by atoms with Gasteiger partial charge < -0.3 is 9.32 Å². The van der Waals surface area contributed by atoms with Crippen LogP contribution >= 0.6 is 23.1 Å². The summed E-state index contributed by atoms with van der Waals surface area (Å²) in [6, 6.07) is 3.96. The third kappa shape index (κ3) is 5.29. The Balaban J connectivity index is 1.46. The van der Waals surface area contributed by atoms with Gasteiger partial charge in [0.05, 0.1) is 23.8 Å². The van der Waals surface area contributed by atoms with E-state index in [2.05, 4.69) is 10.2 Å². The van der Waals surface area contributed by atoms with Crippen molar-refractivity contribution in [1.29, 1.82) is 0 Å². The fourth-order valence-corrected chi connectivity index (χ4v) is 5.96. The number of amides is 1. The Kier molecular flexibility index (Phi) is 5.80. The van der Waals surface area contributed by atoms with Crippen LogP contribution in [0.5, 0.6) is 0 Å². The van der Waals surface area contributed by atoms with Crippen molar-refractivity contribution < 1.29 is 17.6 Å². The van der Waals surface area contributed by atoms with Crippen molar-refractivity contribution in [2.75, 3.05) is 24.3 Å². The summed E-state index contributed by atoms with van der Waals surface area (Å²) in [6.45, 7) is 0.586. The average Bonchev–Trinajstić information content (AvgIpc) is 3.27. The molecule has 7 nitrogen and oxygen atoms in total. The van der Waals surface area contributed by atoms with Crippen molar-refractivity contribution in [3.63, 3.8) is 0 Å². The lowest BCUT2D eigenvalue weighted by atomic mass is 10.1. The summed E-state index contributed by atoms with van der Waals surface area (Å²) >= 11 is 2.82. The number of sulfone groups is 1. The summed E-state index contributed by atoms with van der Waals surface area (Å²) in [6.07, 6.45) is 1.11. The second-order valence-electron chi connectivity index (χ2n) is 6.05. The first-order valence-corrected chi connectivity index (χ1v) is 11.5. The van der Waals surface area contributed by atoms with Crippen LogP contribution in [0.1, 0.15) is 17.2 Å². The molecule has 3 rings (SSSR count). The fourth-order valence-electron chi connectivity index (χ4n) is 2.62. The Morgan fingerprint density at radius 3 is 3.00 bits per heavy atom. The summed E-state index contributed by atoms with van der Waals surface area (Å²) < 4.78 is 28.5. The largest absolute Gasteiger partial charge is 0.416 e. The highest BCUT2D eigenvalue weighted by Crippen LogP contribution is 2.24. The number of carbonyl (C=O) groups excluding carboxylic acids is 1. The molecule has 0 radical (unpaired) electrons. The van der Waals surface area contributed by atoms with E-state index < -0.39 is 9.84 Å². The summed E-state index contributed by atoms with van der Waals surface area (Å²) in [4.78, 5) is 15.0. The summed E-state index contributed by atoms with van der Waals surface area (Å²) in [7, 11) is -1.14. The second-order valence-corrected chi connectivity index (χ2v) is 10.2. The molecule has 0 N–H and O–H groups in total. The van der Waals surface area contributed by atoms with E-state index in [1.54, 1.807) is 23.3 Å². The normalized spacial score (nSPS) is 19.2. The van der Waals surface area contributed by atoms with Gasteiger partial charge in [0.15, 0.2) is 9.84 Å². The second kappa shape index (κ2) is 7.88. The van der Waals surface area contributed by atoms with Crippen molar-refractivity contribution in [3.05, 3.63) is 28.3 Å². The van der Waals surface area contributed by atoms with Gasteiger partial charge in [0.1, 0.15) is 0 Å². The topological polar surface area (TPSA) is 93.4 Å². The maximum atomic E-state index is 12.2. The van der Waals surface area contributed by atoms with Gasteiger partial charge in [-0.2, -0.15) is 0 Å². The van der Waals surface area contributed by atoms with E-state index in [9.17, 15) is 13.2 Å². The smallest absolute Gasteiger partial charge is 0.277 e. The van der Waals surface area contributed by atoms with Gasteiger partial charge in [0.2, 0.25) is 11.8 Å². The lowest BCUT2D eigenvalue weighted by molar-refractivity contribution is -0.127. The van der Waals surface area contributed by atoms with Crippen molar-refractivity contribution in [2.24, 2.45) is 5.92 Å². The minimum atomic E-state index is -2.91. The lowest BCUT2D eigenvalue weighted by Crippen LogP contribution is -2.27. The number of aromatic nitrogens is 2. The van der Waals surface area contributed by atoms with Crippen LogP contribution in [0, 0.1) is 5.92 Å². The molecule has 0 spiro atoms. The third-order valence-electron chi connectivity index (χ3n) is 3.96. The maximum Gasteiger partial charge on any atom is 0.277 e. The number of thioether (sulfide) groups is 1. The van der Waals surface area contributed by atoms with Gasteiger partial charge in [-0.05, 0) is 23.8 Å². The summed E-state index contributed by atoms with van der Waals surface area (Å²) in [5, 5.41) is 10.2. The van der Waals surface area contributed by atoms with E-state index in [4.69, 9.17) is 4.42 Å². The Hall–Kier alpha value is -1.39. The zero-order valence-corrected chi connectivity index (χ0v) is 16.2. The van der Waals surface area contributed by atoms with Gasteiger partial charge >= 0.3 is 0 Å². The van der Waals surface area contributed by atoms with E-state index >= 15 is 0 Å². The summed E-state index contributed by atoms with van der Waals surface area (Å²) in [5.41, 5.74) is 0. The third-order valence-corrected chi connectivity index (χ3v) is 7.46. The highest BCUT2D eigenvalue weighted by molar-refractivity contribution is 7.99. The number of thiophene rings is 1. The minimum absolute atomic E-state index is 0.0139. The molecule has 1 aliphatic heterocycles. The molecule has 0 aliphatic carbocycles. The number of nitrogens with zero attached hydrogens (tertiary/aromatic N) is 3. The van der Waals surface area contributed by atoms with Gasteiger partial charge in [-0.1, -0.05) is 17.8 Å². The van der Waals surface area contributed by atoms with Gasteiger partial charge in [0, 0.05) is 18.3 Å². The average molecular weight is 402 g/mol. The Morgan fingerprint density at radius 1 is 1.48 bits per heavy atom. The van der Waals surface area contributed by atoms with Crippen molar-refractivity contribution in [2.45, 2.75) is 24.6 Å². The number of hydrogen-bond donors (Lipinski definition) is 0. The van der Waals surface area contributed by atoms with Crippen LogP contribution in [0.4, 0.5) is 0 Å². The van der Waals surface area contributed by atoms with Crippen LogP contribution in [0.3, 0.4) is 0 Å². The van der Waals surface area contributed by atoms with E-state index in [0.717, 1.165) is 4.88 Å². The molecule has 0 bridgehead atoms. The minimum Gasteiger partial charge on any atom is -0.416 e. The predicted octanol–water partition coefficient (Wildman–Crippen LogP) is 1.86. The molecule has 25 heavy (non-hydrogen) atoms. The number of hydrogen-bond acceptors (Lipinski definition) is 8. The molecule has 0 aromatic carbocycles. The van der Waals surface area contributed by atoms with Crippen LogP contribution in [0.15, 0.2) is 27.2 Å². The Labute approximate surface area is 154 Å². The molecule has 1 amide bonds. The fraction of sp³-hybridized carbons (Fsp3) is 0.533. The van der Waals surface area contributed by atoms with Crippen LogP contribution in [-0.2, 0) is 27.6 Å². The van der Waals surface area contributed by atoms with Gasteiger partial charge in [-0.25, -0.2) is 8.42 Å². The van der Waals surface area contributed by atoms with Crippen LogP contribution < -0.4 is 0 Å². The molecule has 2 aromatic heterocycles. The predicted molar refractivity (Wildman–Crippen MR) is 96.3 cm³/mol. The highest BCUT2D eigenvalue weighted by Gasteiger charge is 2.29. The van der Waals surface area contributed by atoms with Crippen LogP contribution in [0.2, 0.25) is 0 Å². The molecule has 1 saturated heterocycles. The molecule has 1 unspecified atom stereocenters. The summed E-state index contributed by atoms with van der Waals surface area (Å²) in [5.74, 6) is 1.11. The Morgan fingerprint density at radius 2 is 2.32 bits per heavy atom. The van der Waals surface area contributed by atoms with Crippen molar-refractivity contribution >= 4 is 38.8 Å². The molecule has 2 aromatic rings. The molecule has 1 fully saturated rings. The lowest BCUT2D eigenvalue weighted by Gasteiger charge is -2.15. The molecule has 0 saturated carbocycles. The molecule has 1 aliphatic rings. The van der Waals surface area contributed by atoms with Crippen LogP contribution in [-0.4, -0.2) is 53.7 Å². The molecule has 1 atom stereocenters. The maximum absolute atomic E-state index is 12.2. The number of rotatable bonds is 7. The molecule has 136 valence electrons. The van der Waals surface area contributed by atoms with Gasteiger partial charge in [0.25, 0.3) is 5.22 Å². The molecule has 3 heterocycles. The van der Waals surface area contributed by atoms with E-state index in [0.29, 0.717) is 30.5 Å². The van der Waals surface area contributed by atoms with Gasteiger partial charge in [-0.3, -0.25) is 4.79 Å².